The van der Waals surface area contributed by atoms with E-state index in [4.69, 9.17) is 5.84 Å². The fourth-order valence-corrected chi connectivity index (χ4v) is 3.94. The van der Waals surface area contributed by atoms with E-state index < -0.39 is 10.8 Å². The molecular weight excluding hydrogens is 256 g/mol. The zero-order valence-electron chi connectivity index (χ0n) is 10.3. The Balaban J connectivity index is 2.28. The first-order valence-corrected chi connectivity index (χ1v) is 7.41. The van der Waals surface area contributed by atoms with Crippen LogP contribution in [0, 0.1) is 0 Å². The molecule has 1 aliphatic rings. The van der Waals surface area contributed by atoms with Gasteiger partial charge in [0.05, 0.1) is 16.6 Å². The molecule has 1 aliphatic heterocycles. The minimum absolute atomic E-state index is 0.0242. The van der Waals surface area contributed by atoms with Crippen LogP contribution < -0.4 is 5.84 Å². The van der Waals surface area contributed by atoms with Crippen LogP contribution in [0.4, 0.5) is 0 Å². The molecule has 2 aromatic rings. The largest absolute Gasteiger partial charge is 0.324 e. The topological polar surface area (TPSA) is 55.4 Å². The van der Waals surface area contributed by atoms with Gasteiger partial charge in [0.1, 0.15) is 0 Å². The Bertz CT molecular complexity index is 667. The second-order valence-electron chi connectivity index (χ2n) is 4.50. The van der Waals surface area contributed by atoms with Crippen LogP contribution in [0.1, 0.15) is 22.6 Å². The van der Waals surface area contributed by atoms with Gasteiger partial charge in [0.25, 0.3) is 0 Å². The molecule has 1 heterocycles. The van der Waals surface area contributed by atoms with Crippen molar-refractivity contribution >= 4 is 17.0 Å². The van der Waals surface area contributed by atoms with Crippen molar-refractivity contribution in [3.63, 3.8) is 0 Å². The summed E-state index contributed by atoms with van der Waals surface area (Å²) >= 11 is 0. The van der Waals surface area contributed by atoms with Crippen LogP contribution in [0.3, 0.4) is 0 Å². The lowest BCUT2D eigenvalue weighted by Gasteiger charge is -2.14. The van der Waals surface area contributed by atoms with Gasteiger partial charge in [-0.2, -0.15) is 5.10 Å². The molecule has 0 radical (unpaired) electrons. The molecule has 0 fully saturated rings. The predicted octanol–water partition coefficient (Wildman–Crippen LogP) is 2.38. The monoisotopic (exact) mass is 270 g/mol. The molecule has 0 saturated heterocycles. The van der Waals surface area contributed by atoms with Gasteiger partial charge < -0.3 is 5.84 Å². The molecule has 0 saturated carbocycles. The molecule has 3 rings (SSSR count). The van der Waals surface area contributed by atoms with E-state index in [1.165, 1.54) is 0 Å². The Hall–Kier alpha value is -1.94. The van der Waals surface area contributed by atoms with Gasteiger partial charge in [-0.3, -0.25) is 4.21 Å². The van der Waals surface area contributed by atoms with E-state index in [9.17, 15) is 4.21 Å². The first kappa shape index (κ1) is 12.1. The zero-order chi connectivity index (χ0) is 13.2. The number of nitrogens with two attached hydrogens (primary N) is 1. The molecule has 2 unspecified atom stereocenters. The van der Waals surface area contributed by atoms with E-state index in [0.29, 0.717) is 5.75 Å². The Morgan fingerprint density at radius 1 is 1.11 bits per heavy atom. The normalized spacial score (nSPS) is 21.7. The van der Waals surface area contributed by atoms with Crippen LogP contribution in [0.15, 0.2) is 58.5 Å². The van der Waals surface area contributed by atoms with Crippen molar-refractivity contribution in [2.45, 2.75) is 16.6 Å². The third kappa shape index (κ3) is 2.08. The average molecular weight is 270 g/mol. The average Bonchev–Trinajstić information content (AvgIpc) is 2.56. The van der Waals surface area contributed by atoms with Crippen LogP contribution >= 0.6 is 0 Å². The Morgan fingerprint density at radius 2 is 1.79 bits per heavy atom. The molecule has 0 amide bonds. The first-order valence-electron chi connectivity index (χ1n) is 6.09. The summed E-state index contributed by atoms with van der Waals surface area (Å²) in [7, 11) is -1.02. The highest BCUT2D eigenvalue weighted by Crippen LogP contribution is 2.34. The van der Waals surface area contributed by atoms with Crippen molar-refractivity contribution in [1.82, 2.24) is 0 Å². The second-order valence-corrected chi connectivity index (χ2v) is 5.92. The van der Waals surface area contributed by atoms with Crippen molar-refractivity contribution in [1.29, 1.82) is 0 Å². The number of nitrogens with zero attached hydrogens (tertiary/aromatic N) is 1. The highest BCUT2D eigenvalue weighted by Gasteiger charge is 2.25. The highest BCUT2D eigenvalue weighted by atomic mass is 32.2. The third-order valence-electron chi connectivity index (χ3n) is 3.41. The molecule has 0 aliphatic carbocycles. The minimum Gasteiger partial charge on any atom is -0.324 e. The molecule has 0 aromatic heterocycles. The molecule has 2 atom stereocenters. The maximum atomic E-state index is 12.5. The molecule has 3 nitrogen and oxygen atoms in total. The van der Waals surface area contributed by atoms with Crippen molar-refractivity contribution in [3.8, 4) is 0 Å². The van der Waals surface area contributed by atoms with Crippen LogP contribution in [0.25, 0.3) is 0 Å². The second kappa shape index (κ2) is 4.97. The van der Waals surface area contributed by atoms with E-state index in [2.05, 4.69) is 11.2 Å². The van der Waals surface area contributed by atoms with Gasteiger partial charge in [-0.25, -0.2) is 0 Å². The van der Waals surface area contributed by atoms with Gasteiger partial charge in [-0.15, -0.1) is 0 Å². The van der Waals surface area contributed by atoms with Crippen LogP contribution in [0.2, 0.25) is 0 Å². The maximum absolute atomic E-state index is 12.5. The summed E-state index contributed by atoms with van der Waals surface area (Å²) in [5, 5.41) is 3.70. The van der Waals surface area contributed by atoms with Crippen LogP contribution in [-0.4, -0.2) is 10.4 Å². The SMILES string of the molecule is NN=CC1c2ccccc2CS(=O)c2ccccc21. The lowest BCUT2D eigenvalue weighted by Crippen LogP contribution is -2.06. The number of hydrazone groups is 1. The van der Waals surface area contributed by atoms with Crippen molar-refractivity contribution < 1.29 is 4.21 Å². The van der Waals surface area contributed by atoms with E-state index in [1.807, 2.05) is 42.5 Å². The summed E-state index contributed by atoms with van der Waals surface area (Å²) in [4.78, 5) is 0.878. The fraction of sp³-hybridized carbons (Fsp3) is 0.133. The van der Waals surface area contributed by atoms with Gasteiger partial charge in [0.2, 0.25) is 0 Å². The van der Waals surface area contributed by atoms with Crippen LogP contribution in [0.5, 0.6) is 0 Å². The molecule has 2 N–H and O–H groups in total. The van der Waals surface area contributed by atoms with E-state index in [0.717, 1.165) is 21.6 Å². The van der Waals surface area contributed by atoms with E-state index in [1.54, 1.807) is 6.21 Å². The fourth-order valence-electron chi connectivity index (χ4n) is 2.55. The summed E-state index contributed by atoms with van der Waals surface area (Å²) < 4.78 is 12.5. The summed E-state index contributed by atoms with van der Waals surface area (Å²) in [5.41, 5.74) is 3.26. The van der Waals surface area contributed by atoms with Gasteiger partial charge in [-0.05, 0) is 22.8 Å². The number of fused-ring (bicyclic) bond motifs is 2. The maximum Gasteiger partial charge on any atom is 0.0577 e. The summed E-state index contributed by atoms with van der Waals surface area (Å²) in [6, 6.07) is 15.9. The van der Waals surface area contributed by atoms with Gasteiger partial charge >= 0.3 is 0 Å². The van der Waals surface area contributed by atoms with E-state index >= 15 is 0 Å². The van der Waals surface area contributed by atoms with Crippen molar-refractivity contribution in [3.05, 3.63) is 65.2 Å². The number of benzene rings is 2. The van der Waals surface area contributed by atoms with Gasteiger partial charge in [0.15, 0.2) is 0 Å². The molecule has 2 aromatic carbocycles. The first-order chi connectivity index (χ1) is 9.31. The number of hydrogen-bond donors (Lipinski definition) is 1. The highest BCUT2D eigenvalue weighted by molar-refractivity contribution is 7.84. The van der Waals surface area contributed by atoms with Crippen LogP contribution in [-0.2, 0) is 16.6 Å². The quantitative estimate of drug-likeness (QED) is 0.491. The molecule has 19 heavy (non-hydrogen) atoms. The summed E-state index contributed by atoms with van der Waals surface area (Å²) in [6.07, 6.45) is 1.72. The van der Waals surface area contributed by atoms with Crippen molar-refractivity contribution in [2.75, 3.05) is 0 Å². The Kier molecular flexibility index (Phi) is 3.17. The third-order valence-corrected chi connectivity index (χ3v) is 4.85. The lowest BCUT2D eigenvalue weighted by atomic mass is 9.89. The number of rotatable bonds is 1. The molecular formula is C15H14N2OS. The summed E-state index contributed by atoms with van der Waals surface area (Å²) in [6.45, 7) is 0. The standard InChI is InChI=1S/C15H14N2OS/c16-17-9-14-12-6-2-1-5-11(12)10-19(18)15-8-4-3-7-13(14)15/h1-9,14H,10,16H2. The van der Waals surface area contributed by atoms with Crippen molar-refractivity contribution in [2.24, 2.45) is 10.9 Å². The Labute approximate surface area is 114 Å². The molecule has 0 bridgehead atoms. The van der Waals surface area contributed by atoms with E-state index in [-0.39, 0.29) is 5.92 Å². The lowest BCUT2D eigenvalue weighted by molar-refractivity contribution is 0.682. The predicted molar refractivity (Wildman–Crippen MR) is 77.5 cm³/mol. The number of hydrogen-bond acceptors (Lipinski definition) is 3. The van der Waals surface area contributed by atoms with Gasteiger partial charge in [0, 0.05) is 17.0 Å². The zero-order valence-corrected chi connectivity index (χ0v) is 11.1. The van der Waals surface area contributed by atoms with Gasteiger partial charge in [-0.1, -0.05) is 42.5 Å². The molecule has 96 valence electrons. The minimum atomic E-state index is -1.02. The summed E-state index contributed by atoms with van der Waals surface area (Å²) in [5.74, 6) is 5.87. The smallest absolute Gasteiger partial charge is 0.0577 e. The Morgan fingerprint density at radius 3 is 2.58 bits per heavy atom. The molecule has 4 heteroatoms. The molecule has 0 spiro atoms.